The van der Waals surface area contributed by atoms with E-state index in [-0.39, 0.29) is 5.92 Å². The first-order valence-corrected chi connectivity index (χ1v) is 8.22. The topological polar surface area (TPSA) is 29.5 Å². The molecule has 1 aliphatic carbocycles. The fourth-order valence-corrected chi connectivity index (χ4v) is 3.85. The second kappa shape index (κ2) is 6.50. The molecule has 1 unspecified atom stereocenters. The number of carbonyl (C=O) groups excluding carboxylic acids is 1. The van der Waals surface area contributed by atoms with E-state index in [1.54, 1.807) is 7.11 Å². The maximum absolute atomic E-state index is 13.0. The van der Waals surface area contributed by atoms with Crippen molar-refractivity contribution < 1.29 is 9.53 Å². The normalized spacial score (nSPS) is 20.7. The van der Waals surface area contributed by atoms with Gasteiger partial charge in [-0.2, -0.15) is 0 Å². The lowest BCUT2D eigenvalue weighted by Gasteiger charge is -2.28. The van der Waals surface area contributed by atoms with Gasteiger partial charge in [0.2, 0.25) is 5.91 Å². The van der Waals surface area contributed by atoms with Crippen LogP contribution in [0.1, 0.15) is 50.0 Å². The lowest BCUT2D eigenvalue weighted by Crippen LogP contribution is -2.35. The second-order valence-corrected chi connectivity index (χ2v) is 6.33. The average molecular weight is 287 g/mol. The van der Waals surface area contributed by atoms with Gasteiger partial charge < -0.3 is 9.64 Å². The van der Waals surface area contributed by atoms with Crippen LogP contribution in [0.25, 0.3) is 0 Å². The van der Waals surface area contributed by atoms with Crippen LogP contribution >= 0.6 is 0 Å². The summed E-state index contributed by atoms with van der Waals surface area (Å²) < 4.78 is 5.24. The van der Waals surface area contributed by atoms with Crippen LogP contribution in [0, 0.1) is 5.92 Å². The second-order valence-electron chi connectivity index (χ2n) is 6.33. The third-order valence-electron chi connectivity index (χ3n) is 5.03. The number of rotatable bonds is 4. The number of nitrogens with zero attached hydrogens (tertiary/aromatic N) is 1. The number of amides is 1. The first-order chi connectivity index (χ1) is 10.3. The van der Waals surface area contributed by atoms with Crippen LogP contribution < -0.4 is 4.74 Å². The molecule has 0 N–H and O–H groups in total. The zero-order valence-electron chi connectivity index (χ0n) is 12.9. The summed E-state index contributed by atoms with van der Waals surface area (Å²) in [5.74, 6) is 1.78. The molecule has 1 saturated carbocycles. The molecule has 1 aromatic carbocycles. The Labute approximate surface area is 127 Å². The Morgan fingerprint density at radius 1 is 1.10 bits per heavy atom. The average Bonchev–Trinajstić information content (AvgIpc) is 3.21. The van der Waals surface area contributed by atoms with Crippen LogP contribution in [-0.4, -0.2) is 31.0 Å². The van der Waals surface area contributed by atoms with Crippen LogP contribution in [0.2, 0.25) is 0 Å². The molecule has 114 valence electrons. The lowest BCUT2D eigenvalue weighted by atomic mass is 9.83. The minimum atomic E-state index is 0.0523. The van der Waals surface area contributed by atoms with Crippen molar-refractivity contribution in [1.29, 1.82) is 0 Å². The Bertz CT molecular complexity index is 470. The molecule has 3 rings (SSSR count). The molecule has 0 aromatic heterocycles. The number of ether oxygens (including phenoxy) is 1. The Morgan fingerprint density at radius 3 is 2.29 bits per heavy atom. The van der Waals surface area contributed by atoms with E-state index in [2.05, 4.69) is 17.0 Å². The van der Waals surface area contributed by atoms with Crippen molar-refractivity contribution in [2.45, 2.75) is 44.4 Å². The minimum absolute atomic E-state index is 0.0523. The van der Waals surface area contributed by atoms with Crippen LogP contribution in [0.15, 0.2) is 24.3 Å². The molecule has 1 heterocycles. The molecule has 2 aliphatic rings. The molecule has 0 spiro atoms. The number of hydrogen-bond donors (Lipinski definition) is 0. The number of benzene rings is 1. The summed E-state index contributed by atoms with van der Waals surface area (Å²) in [7, 11) is 1.68. The maximum atomic E-state index is 13.0. The van der Waals surface area contributed by atoms with Gasteiger partial charge in [-0.3, -0.25) is 4.79 Å². The number of likely N-dealkylation sites (tertiary alicyclic amines) is 1. The summed E-state index contributed by atoms with van der Waals surface area (Å²) >= 11 is 0. The van der Waals surface area contributed by atoms with Gasteiger partial charge in [0.25, 0.3) is 0 Å². The van der Waals surface area contributed by atoms with E-state index < -0.39 is 0 Å². The molecule has 1 aromatic rings. The van der Waals surface area contributed by atoms with Crippen LogP contribution in [0.3, 0.4) is 0 Å². The van der Waals surface area contributed by atoms with Crippen molar-refractivity contribution >= 4 is 5.91 Å². The van der Waals surface area contributed by atoms with Gasteiger partial charge in [-0.1, -0.05) is 25.0 Å². The molecule has 2 fully saturated rings. The first-order valence-electron chi connectivity index (χ1n) is 8.22. The van der Waals surface area contributed by atoms with Crippen molar-refractivity contribution in [2.75, 3.05) is 20.2 Å². The summed E-state index contributed by atoms with van der Waals surface area (Å²) in [5.41, 5.74) is 1.17. The molecule has 3 heteroatoms. The van der Waals surface area contributed by atoms with Crippen LogP contribution in [0.4, 0.5) is 0 Å². The fraction of sp³-hybridized carbons (Fsp3) is 0.611. The minimum Gasteiger partial charge on any atom is -0.497 e. The highest BCUT2D eigenvalue weighted by molar-refractivity contribution is 5.84. The lowest BCUT2D eigenvalue weighted by molar-refractivity contribution is -0.133. The first kappa shape index (κ1) is 14.4. The van der Waals surface area contributed by atoms with Crippen LogP contribution in [0.5, 0.6) is 5.75 Å². The standard InChI is InChI=1S/C18H25NO2/c1-21-16-10-8-15(9-11-16)17(14-6-2-3-7-14)18(20)19-12-4-5-13-19/h8-11,14,17H,2-7,12-13H2,1H3. The summed E-state index contributed by atoms with van der Waals surface area (Å²) in [4.78, 5) is 15.1. The van der Waals surface area contributed by atoms with E-state index >= 15 is 0 Å². The smallest absolute Gasteiger partial charge is 0.230 e. The van der Waals surface area contributed by atoms with Gasteiger partial charge in [0, 0.05) is 13.1 Å². The third kappa shape index (κ3) is 3.07. The monoisotopic (exact) mass is 287 g/mol. The summed E-state index contributed by atoms with van der Waals surface area (Å²) in [5, 5.41) is 0. The van der Waals surface area contributed by atoms with E-state index in [4.69, 9.17) is 4.74 Å². The van der Waals surface area contributed by atoms with Gasteiger partial charge in [0.1, 0.15) is 5.75 Å². The van der Waals surface area contributed by atoms with Gasteiger partial charge in [-0.15, -0.1) is 0 Å². The van der Waals surface area contributed by atoms with Crippen molar-refractivity contribution in [3.05, 3.63) is 29.8 Å². The molecule has 0 bridgehead atoms. The zero-order valence-corrected chi connectivity index (χ0v) is 12.9. The van der Waals surface area contributed by atoms with Gasteiger partial charge in [0.15, 0.2) is 0 Å². The van der Waals surface area contributed by atoms with Crippen LogP contribution in [-0.2, 0) is 4.79 Å². The van der Waals surface area contributed by atoms with Gasteiger partial charge in [0.05, 0.1) is 13.0 Å². The molecule has 1 atom stereocenters. The SMILES string of the molecule is COc1ccc(C(C(=O)N2CCCC2)C2CCCC2)cc1. The van der Waals surface area contributed by atoms with E-state index in [0.717, 1.165) is 31.7 Å². The van der Waals surface area contributed by atoms with Gasteiger partial charge in [-0.05, 0) is 49.3 Å². The zero-order chi connectivity index (χ0) is 14.7. The molecule has 1 saturated heterocycles. The van der Waals surface area contributed by atoms with Crippen molar-refractivity contribution in [2.24, 2.45) is 5.92 Å². The molecule has 1 aliphatic heterocycles. The van der Waals surface area contributed by atoms with E-state index in [9.17, 15) is 4.79 Å². The largest absolute Gasteiger partial charge is 0.497 e. The Kier molecular flexibility index (Phi) is 4.47. The van der Waals surface area contributed by atoms with E-state index in [1.165, 1.54) is 31.2 Å². The van der Waals surface area contributed by atoms with Gasteiger partial charge in [-0.25, -0.2) is 0 Å². The molecule has 3 nitrogen and oxygen atoms in total. The molecular weight excluding hydrogens is 262 g/mol. The highest BCUT2D eigenvalue weighted by Gasteiger charge is 2.35. The summed E-state index contributed by atoms with van der Waals surface area (Å²) in [6.45, 7) is 1.89. The highest BCUT2D eigenvalue weighted by Crippen LogP contribution is 2.39. The molecule has 0 radical (unpaired) electrons. The van der Waals surface area contributed by atoms with Crippen molar-refractivity contribution in [3.8, 4) is 5.75 Å². The predicted octanol–water partition coefficient (Wildman–Crippen LogP) is 3.59. The van der Waals surface area contributed by atoms with Gasteiger partial charge >= 0.3 is 0 Å². The predicted molar refractivity (Wildman–Crippen MR) is 83.5 cm³/mol. The summed E-state index contributed by atoms with van der Waals surface area (Å²) in [6, 6.07) is 8.12. The number of methoxy groups -OCH3 is 1. The quantitative estimate of drug-likeness (QED) is 0.847. The molecular formula is C18H25NO2. The Morgan fingerprint density at radius 2 is 1.71 bits per heavy atom. The fourth-order valence-electron chi connectivity index (χ4n) is 3.85. The van der Waals surface area contributed by atoms with E-state index in [0.29, 0.717) is 11.8 Å². The number of hydrogen-bond acceptors (Lipinski definition) is 2. The Balaban J connectivity index is 1.85. The molecule has 21 heavy (non-hydrogen) atoms. The van der Waals surface area contributed by atoms with Crippen molar-refractivity contribution in [1.82, 2.24) is 4.90 Å². The van der Waals surface area contributed by atoms with Crippen molar-refractivity contribution in [3.63, 3.8) is 0 Å². The Hall–Kier alpha value is -1.51. The number of carbonyl (C=O) groups is 1. The van der Waals surface area contributed by atoms with E-state index in [1.807, 2.05) is 12.1 Å². The maximum Gasteiger partial charge on any atom is 0.230 e. The highest BCUT2D eigenvalue weighted by atomic mass is 16.5. The summed E-state index contributed by atoms with van der Waals surface area (Å²) in [6.07, 6.45) is 7.24. The third-order valence-corrected chi connectivity index (χ3v) is 5.03. The molecule has 1 amide bonds.